The smallest absolute Gasteiger partial charge is 0.241 e. The highest BCUT2D eigenvalue weighted by Gasteiger charge is 2.26. The molecule has 1 aliphatic carbocycles. The zero-order chi connectivity index (χ0) is 14.0. The quantitative estimate of drug-likeness (QED) is 0.858. The van der Waals surface area contributed by atoms with Crippen LogP contribution in [-0.2, 0) is 10.0 Å². The molecule has 0 bridgehead atoms. The van der Waals surface area contributed by atoms with Gasteiger partial charge in [0.1, 0.15) is 0 Å². The molecular formula is C13H19BrN2O2S. The predicted octanol–water partition coefficient (Wildman–Crippen LogP) is 2.13. The summed E-state index contributed by atoms with van der Waals surface area (Å²) in [5, 5.41) is 0. The van der Waals surface area contributed by atoms with Gasteiger partial charge in [-0.25, -0.2) is 13.1 Å². The van der Waals surface area contributed by atoms with Crippen LogP contribution < -0.4 is 4.72 Å². The number of benzene rings is 1. The van der Waals surface area contributed by atoms with Crippen molar-refractivity contribution in [2.75, 3.05) is 20.1 Å². The molecule has 0 aliphatic heterocycles. The van der Waals surface area contributed by atoms with Gasteiger partial charge in [0.2, 0.25) is 10.0 Å². The van der Waals surface area contributed by atoms with Crippen LogP contribution in [0.4, 0.5) is 0 Å². The van der Waals surface area contributed by atoms with Gasteiger partial charge in [-0.05, 0) is 60.4 Å². The first-order valence-electron chi connectivity index (χ1n) is 6.36. The topological polar surface area (TPSA) is 49.4 Å². The molecule has 1 fully saturated rings. The van der Waals surface area contributed by atoms with Crippen LogP contribution in [0.2, 0.25) is 0 Å². The van der Waals surface area contributed by atoms with Gasteiger partial charge in [0.25, 0.3) is 0 Å². The van der Waals surface area contributed by atoms with E-state index in [9.17, 15) is 8.42 Å². The molecule has 0 heterocycles. The Hall–Kier alpha value is -0.430. The van der Waals surface area contributed by atoms with Crippen LogP contribution in [0.3, 0.4) is 0 Å². The summed E-state index contributed by atoms with van der Waals surface area (Å²) in [6.45, 7) is 3.11. The van der Waals surface area contributed by atoms with E-state index in [0.717, 1.165) is 12.1 Å². The first-order chi connectivity index (χ1) is 8.90. The highest BCUT2D eigenvalue weighted by Crippen LogP contribution is 2.25. The molecule has 0 aromatic heterocycles. The maximum absolute atomic E-state index is 12.2. The van der Waals surface area contributed by atoms with Gasteiger partial charge in [0.15, 0.2) is 0 Å². The van der Waals surface area contributed by atoms with E-state index >= 15 is 0 Å². The van der Waals surface area contributed by atoms with Crippen LogP contribution in [0, 0.1) is 6.92 Å². The number of sulfonamides is 1. The summed E-state index contributed by atoms with van der Waals surface area (Å²) in [5.41, 5.74) is 1.03. The second-order valence-electron chi connectivity index (χ2n) is 5.04. The zero-order valence-electron chi connectivity index (χ0n) is 11.2. The highest BCUT2D eigenvalue weighted by atomic mass is 79.9. The number of aryl methyl sites for hydroxylation is 1. The van der Waals surface area contributed by atoms with Crippen LogP contribution in [0.1, 0.15) is 18.4 Å². The van der Waals surface area contributed by atoms with Gasteiger partial charge in [-0.15, -0.1) is 0 Å². The number of hydrogen-bond donors (Lipinski definition) is 1. The second-order valence-corrected chi connectivity index (χ2v) is 7.63. The van der Waals surface area contributed by atoms with Crippen molar-refractivity contribution in [3.8, 4) is 0 Å². The van der Waals surface area contributed by atoms with Gasteiger partial charge in [0.05, 0.1) is 4.90 Å². The third kappa shape index (κ3) is 4.02. The van der Waals surface area contributed by atoms with E-state index in [1.807, 2.05) is 20.0 Å². The number of hydrogen-bond acceptors (Lipinski definition) is 3. The number of nitrogens with one attached hydrogen (secondary N) is 1. The van der Waals surface area contributed by atoms with Crippen molar-refractivity contribution in [2.45, 2.75) is 30.7 Å². The Bertz CT molecular complexity index is 556. The van der Waals surface area contributed by atoms with Crippen LogP contribution in [0.15, 0.2) is 27.6 Å². The lowest BCUT2D eigenvalue weighted by molar-refractivity contribution is 0.329. The van der Waals surface area contributed by atoms with E-state index in [0.29, 0.717) is 22.0 Å². The summed E-state index contributed by atoms with van der Waals surface area (Å²) in [5.74, 6) is 0. The van der Waals surface area contributed by atoms with Gasteiger partial charge >= 0.3 is 0 Å². The van der Waals surface area contributed by atoms with Crippen molar-refractivity contribution in [3.63, 3.8) is 0 Å². The van der Waals surface area contributed by atoms with Crippen LogP contribution in [-0.4, -0.2) is 39.5 Å². The molecule has 1 saturated carbocycles. The Kier molecular flexibility index (Phi) is 4.66. The molecule has 19 heavy (non-hydrogen) atoms. The second kappa shape index (κ2) is 5.91. The van der Waals surface area contributed by atoms with E-state index in [1.165, 1.54) is 12.8 Å². The molecule has 0 radical (unpaired) electrons. The number of nitrogens with zero attached hydrogens (tertiary/aromatic N) is 1. The van der Waals surface area contributed by atoms with E-state index in [-0.39, 0.29) is 0 Å². The standard InChI is InChI=1S/C13H19BrN2O2S/c1-10-3-6-13(12(14)9-10)19(17,18)15-7-8-16(2)11-4-5-11/h3,6,9,11,15H,4-5,7-8H2,1-2H3. The number of halogens is 1. The number of likely N-dealkylation sites (N-methyl/N-ethyl adjacent to an activating group) is 1. The molecule has 4 nitrogen and oxygen atoms in total. The highest BCUT2D eigenvalue weighted by molar-refractivity contribution is 9.10. The number of rotatable bonds is 6. The van der Waals surface area contributed by atoms with Crippen molar-refractivity contribution in [1.29, 1.82) is 0 Å². The lowest BCUT2D eigenvalue weighted by Crippen LogP contribution is -2.34. The first-order valence-corrected chi connectivity index (χ1v) is 8.64. The summed E-state index contributed by atoms with van der Waals surface area (Å²) in [6.07, 6.45) is 2.46. The van der Waals surface area contributed by atoms with Crippen molar-refractivity contribution in [2.24, 2.45) is 0 Å². The zero-order valence-corrected chi connectivity index (χ0v) is 13.6. The van der Waals surface area contributed by atoms with Gasteiger partial charge in [0, 0.05) is 23.6 Å². The third-order valence-electron chi connectivity index (χ3n) is 3.30. The summed E-state index contributed by atoms with van der Waals surface area (Å²) < 4.78 is 27.6. The fraction of sp³-hybridized carbons (Fsp3) is 0.538. The summed E-state index contributed by atoms with van der Waals surface area (Å²) >= 11 is 3.31. The molecule has 6 heteroatoms. The Morgan fingerprint density at radius 2 is 2.11 bits per heavy atom. The summed E-state index contributed by atoms with van der Waals surface area (Å²) in [6, 6.07) is 5.89. The van der Waals surface area contributed by atoms with E-state index < -0.39 is 10.0 Å². The Labute approximate surface area is 123 Å². The predicted molar refractivity (Wildman–Crippen MR) is 79.7 cm³/mol. The van der Waals surface area contributed by atoms with Crippen molar-refractivity contribution < 1.29 is 8.42 Å². The van der Waals surface area contributed by atoms with Gasteiger partial charge in [-0.2, -0.15) is 0 Å². The van der Waals surface area contributed by atoms with Crippen LogP contribution >= 0.6 is 15.9 Å². The molecule has 106 valence electrons. The summed E-state index contributed by atoms with van der Waals surface area (Å²) in [4.78, 5) is 2.50. The van der Waals surface area contributed by atoms with Crippen molar-refractivity contribution in [3.05, 3.63) is 28.2 Å². The molecule has 2 rings (SSSR count). The molecule has 0 atom stereocenters. The monoisotopic (exact) mass is 346 g/mol. The maximum atomic E-state index is 12.2. The molecular weight excluding hydrogens is 328 g/mol. The molecule has 0 unspecified atom stereocenters. The summed E-state index contributed by atoms with van der Waals surface area (Å²) in [7, 11) is -1.40. The van der Waals surface area contributed by atoms with E-state index in [2.05, 4.69) is 25.6 Å². The molecule has 1 aromatic carbocycles. The van der Waals surface area contributed by atoms with E-state index in [4.69, 9.17) is 0 Å². The van der Waals surface area contributed by atoms with Crippen molar-refractivity contribution in [1.82, 2.24) is 9.62 Å². The molecule has 0 amide bonds. The average molecular weight is 347 g/mol. The van der Waals surface area contributed by atoms with Gasteiger partial charge in [-0.3, -0.25) is 0 Å². The molecule has 0 spiro atoms. The lowest BCUT2D eigenvalue weighted by Gasteiger charge is -2.16. The Morgan fingerprint density at radius 1 is 1.42 bits per heavy atom. The van der Waals surface area contributed by atoms with Crippen LogP contribution in [0.25, 0.3) is 0 Å². The Morgan fingerprint density at radius 3 is 2.68 bits per heavy atom. The molecule has 1 aromatic rings. The minimum absolute atomic E-state index is 0.298. The minimum Gasteiger partial charge on any atom is -0.302 e. The third-order valence-corrected chi connectivity index (χ3v) is 5.74. The fourth-order valence-corrected chi connectivity index (χ4v) is 4.17. The van der Waals surface area contributed by atoms with Gasteiger partial charge < -0.3 is 4.90 Å². The van der Waals surface area contributed by atoms with E-state index in [1.54, 1.807) is 12.1 Å². The largest absolute Gasteiger partial charge is 0.302 e. The molecule has 0 saturated heterocycles. The molecule has 1 aliphatic rings. The molecule has 1 N–H and O–H groups in total. The van der Waals surface area contributed by atoms with Crippen molar-refractivity contribution >= 4 is 26.0 Å². The average Bonchev–Trinajstić information content (AvgIpc) is 3.11. The van der Waals surface area contributed by atoms with Crippen LogP contribution in [0.5, 0.6) is 0 Å². The van der Waals surface area contributed by atoms with Gasteiger partial charge in [-0.1, -0.05) is 6.07 Å². The normalized spacial score (nSPS) is 16.0. The fourth-order valence-electron chi connectivity index (χ4n) is 1.96. The SMILES string of the molecule is Cc1ccc(S(=O)(=O)NCCN(C)C2CC2)c(Br)c1. The minimum atomic E-state index is -3.43. The maximum Gasteiger partial charge on any atom is 0.241 e. The Balaban J connectivity index is 1.97. The first kappa shape index (κ1) is 15.0. The lowest BCUT2D eigenvalue weighted by atomic mass is 10.2.